The number of carbonyl (C=O) groups excluding carboxylic acids is 1. The van der Waals surface area contributed by atoms with E-state index in [4.69, 9.17) is 0 Å². The van der Waals surface area contributed by atoms with Crippen molar-refractivity contribution in [3.05, 3.63) is 65.7 Å². The van der Waals surface area contributed by atoms with Crippen LogP contribution in [0.5, 0.6) is 0 Å². The second-order valence-corrected chi connectivity index (χ2v) is 8.61. The number of hydrogen-bond acceptors (Lipinski definition) is 4. The first kappa shape index (κ1) is 21.4. The van der Waals surface area contributed by atoms with Crippen LogP contribution in [0.2, 0.25) is 0 Å². The molecule has 5 nitrogen and oxygen atoms in total. The fourth-order valence-electron chi connectivity index (χ4n) is 3.24. The van der Waals surface area contributed by atoms with Crippen molar-refractivity contribution in [3.8, 4) is 0 Å². The van der Waals surface area contributed by atoms with Crippen molar-refractivity contribution in [3.63, 3.8) is 0 Å². The number of nitrogens with zero attached hydrogens (tertiary/aromatic N) is 1. The summed E-state index contributed by atoms with van der Waals surface area (Å²) in [5.74, 6) is -0.0786. The van der Waals surface area contributed by atoms with E-state index in [2.05, 4.69) is 5.32 Å². The van der Waals surface area contributed by atoms with Crippen LogP contribution in [0.3, 0.4) is 0 Å². The van der Waals surface area contributed by atoms with E-state index in [9.17, 15) is 13.2 Å². The summed E-state index contributed by atoms with van der Waals surface area (Å²) >= 11 is 0. The maximum Gasteiger partial charge on any atom is 0.253 e. The van der Waals surface area contributed by atoms with Crippen LogP contribution in [0, 0.1) is 0 Å². The second kappa shape index (κ2) is 9.35. The number of hydrogen-bond donors (Lipinski definition) is 1. The number of sulfone groups is 1. The van der Waals surface area contributed by atoms with Gasteiger partial charge in [-0.15, -0.1) is 12.4 Å². The number of likely N-dealkylation sites (tertiary alicyclic amines) is 1. The number of carbonyl (C=O) groups is 1. The Balaban J connectivity index is 0.00000261. The summed E-state index contributed by atoms with van der Waals surface area (Å²) in [4.78, 5) is 14.7. The fourth-order valence-corrected chi connectivity index (χ4v) is 4.58. The van der Waals surface area contributed by atoms with Crippen molar-refractivity contribution >= 4 is 28.2 Å². The maximum atomic E-state index is 12.6. The molecule has 0 unspecified atom stereocenters. The van der Waals surface area contributed by atoms with Gasteiger partial charge in [0.25, 0.3) is 5.91 Å². The van der Waals surface area contributed by atoms with Crippen molar-refractivity contribution in [1.82, 2.24) is 10.2 Å². The number of piperidine rings is 1. The average Bonchev–Trinajstić information content (AvgIpc) is 2.68. The Morgan fingerprint density at radius 3 is 2.19 bits per heavy atom. The Kier molecular flexibility index (Phi) is 7.41. The standard InChI is InChI=1S/C20H24N2O3S.ClH/c1-21-18-11-13-22(14-12-18)20(23)17-7-9-19(10-8-17)26(24,25)15-16-5-3-2-4-6-16;/h2-10,18,21H,11-15H2,1H3;1H. The molecule has 1 aliphatic rings. The zero-order valence-electron chi connectivity index (χ0n) is 15.3. The van der Waals surface area contributed by atoms with E-state index in [0.717, 1.165) is 31.5 Å². The minimum absolute atomic E-state index is 0. The zero-order chi connectivity index (χ0) is 18.6. The van der Waals surface area contributed by atoms with Crippen LogP contribution in [0.1, 0.15) is 28.8 Å². The highest BCUT2D eigenvalue weighted by Gasteiger charge is 2.23. The summed E-state index contributed by atoms with van der Waals surface area (Å²) < 4.78 is 25.1. The number of amides is 1. The molecular formula is C20H25ClN2O3S. The lowest BCUT2D eigenvalue weighted by Crippen LogP contribution is -2.43. The van der Waals surface area contributed by atoms with Crippen molar-refractivity contribution in [2.24, 2.45) is 0 Å². The van der Waals surface area contributed by atoms with Gasteiger partial charge in [0.1, 0.15) is 0 Å². The first-order valence-corrected chi connectivity index (χ1v) is 10.5. The second-order valence-electron chi connectivity index (χ2n) is 6.62. The molecule has 27 heavy (non-hydrogen) atoms. The lowest BCUT2D eigenvalue weighted by atomic mass is 10.0. The van der Waals surface area contributed by atoms with E-state index in [1.807, 2.05) is 30.1 Å². The van der Waals surface area contributed by atoms with Gasteiger partial charge < -0.3 is 10.2 Å². The molecule has 1 N–H and O–H groups in total. The van der Waals surface area contributed by atoms with Gasteiger partial charge in [-0.05, 0) is 49.7 Å². The molecule has 0 aliphatic carbocycles. The normalized spacial score (nSPS) is 15.2. The molecule has 1 amide bonds. The van der Waals surface area contributed by atoms with Gasteiger partial charge in [-0.1, -0.05) is 30.3 Å². The summed E-state index contributed by atoms with van der Waals surface area (Å²) in [6.07, 6.45) is 1.87. The van der Waals surface area contributed by atoms with Crippen molar-refractivity contribution in [1.29, 1.82) is 0 Å². The molecule has 0 aromatic heterocycles. The molecule has 2 aromatic rings. The van der Waals surface area contributed by atoms with Crippen LogP contribution in [0.15, 0.2) is 59.5 Å². The van der Waals surface area contributed by atoms with Gasteiger partial charge in [0, 0.05) is 24.7 Å². The van der Waals surface area contributed by atoms with Crippen molar-refractivity contribution in [2.75, 3.05) is 20.1 Å². The van der Waals surface area contributed by atoms with Gasteiger partial charge >= 0.3 is 0 Å². The van der Waals surface area contributed by atoms with E-state index in [0.29, 0.717) is 11.6 Å². The minimum Gasteiger partial charge on any atom is -0.339 e. The van der Waals surface area contributed by atoms with Crippen LogP contribution < -0.4 is 5.32 Å². The quantitative estimate of drug-likeness (QED) is 0.826. The highest BCUT2D eigenvalue weighted by Crippen LogP contribution is 2.19. The highest BCUT2D eigenvalue weighted by molar-refractivity contribution is 7.90. The predicted molar refractivity (Wildman–Crippen MR) is 109 cm³/mol. The fraction of sp³-hybridized carbons (Fsp3) is 0.350. The van der Waals surface area contributed by atoms with Gasteiger partial charge in [0.15, 0.2) is 9.84 Å². The predicted octanol–water partition coefficient (Wildman–Crippen LogP) is 2.91. The Hall–Kier alpha value is -1.89. The Labute approximate surface area is 167 Å². The Morgan fingerprint density at radius 2 is 1.63 bits per heavy atom. The van der Waals surface area contributed by atoms with Crippen LogP contribution in [-0.2, 0) is 15.6 Å². The third-order valence-corrected chi connectivity index (χ3v) is 6.55. The summed E-state index contributed by atoms with van der Waals surface area (Å²) in [6.45, 7) is 1.44. The molecule has 1 aliphatic heterocycles. The molecular weight excluding hydrogens is 384 g/mol. The number of halogens is 1. The molecule has 1 heterocycles. The first-order chi connectivity index (χ1) is 12.5. The van der Waals surface area contributed by atoms with Crippen LogP contribution >= 0.6 is 12.4 Å². The third kappa shape index (κ3) is 5.31. The molecule has 3 rings (SSSR count). The van der Waals surface area contributed by atoms with Gasteiger partial charge in [-0.3, -0.25) is 4.79 Å². The molecule has 0 atom stereocenters. The Morgan fingerprint density at radius 1 is 1.04 bits per heavy atom. The molecule has 1 saturated heterocycles. The van der Waals surface area contributed by atoms with E-state index in [-0.39, 0.29) is 29.0 Å². The third-order valence-electron chi connectivity index (χ3n) is 4.85. The van der Waals surface area contributed by atoms with E-state index < -0.39 is 9.84 Å². The Bertz CT molecular complexity index is 847. The summed E-state index contributed by atoms with van der Waals surface area (Å²) in [5.41, 5.74) is 1.28. The van der Waals surface area contributed by atoms with Crippen molar-refractivity contribution < 1.29 is 13.2 Å². The number of benzene rings is 2. The van der Waals surface area contributed by atoms with Crippen LogP contribution in [0.25, 0.3) is 0 Å². The summed E-state index contributed by atoms with van der Waals surface area (Å²) in [7, 11) is -1.48. The van der Waals surface area contributed by atoms with Crippen LogP contribution in [0.4, 0.5) is 0 Å². The molecule has 0 spiro atoms. The topological polar surface area (TPSA) is 66.5 Å². The van der Waals surface area contributed by atoms with E-state index in [1.54, 1.807) is 24.3 Å². The number of nitrogens with one attached hydrogen (secondary N) is 1. The zero-order valence-corrected chi connectivity index (χ0v) is 16.9. The van der Waals surface area contributed by atoms with Crippen LogP contribution in [-0.4, -0.2) is 45.4 Å². The average molecular weight is 409 g/mol. The smallest absolute Gasteiger partial charge is 0.253 e. The molecule has 0 saturated carbocycles. The first-order valence-electron chi connectivity index (χ1n) is 8.83. The maximum absolute atomic E-state index is 12.6. The lowest BCUT2D eigenvalue weighted by molar-refractivity contribution is 0.0707. The molecule has 146 valence electrons. The van der Waals surface area contributed by atoms with E-state index >= 15 is 0 Å². The van der Waals surface area contributed by atoms with Gasteiger partial charge in [0.05, 0.1) is 10.6 Å². The summed E-state index contributed by atoms with van der Waals surface area (Å²) in [6, 6.07) is 15.9. The lowest BCUT2D eigenvalue weighted by Gasteiger charge is -2.31. The van der Waals surface area contributed by atoms with Gasteiger partial charge in [-0.2, -0.15) is 0 Å². The van der Waals surface area contributed by atoms with E-state index in [1.165, 1.54) is 12.1 Å². The monoisotopic (exact) mass is 408 g/mol. The van der Waals surface area contributed by atoms with Gasteiger partial charge in [-0.25, -0.2) is 8.42 Å². The molecule has 0 bridgehead atoms. The number of rotatable bonds is 5. The summed E-state index contributed by atoms with van der Waals surface area (Å²) in [5, 5.41) is 3.24. The molecule has 0 radical (unpaired) electrons. The molecule has 7 heteroatoms. The highest BCUT2D eigenvalue weighted by atomic mass is 35.5. The van der Waals surface area contributed by atoms with Gasteiger partial charge in [0.2, 0.25) is 0 Å². The largest absolute Gasteiger partial charge is 0.339 e. The van der Waals surface area contributed by atoms with Crippen molar-refractivity contribution in [2.45, 2.75) is 29.5 Å². The molecule has 1 fully saturated rings. The molecule has 2 aromatic carbocycles. The minimum atomic E-state index is -3.42. The SMILES string of the molecule is CNC1CCN(C(=O)c2ccc(S(=O)(=O)Cc3ccccc3)cc2)CC1.Cl.